The molecule has 1 fully saturated rings. The number of hydrogen-bond acceptors (Lipinski definition) is 3. The fraction of sp³-hybridized carbons (Fsp3) is 0.316. The van der Waals surface area contributed by atoms with Gasteiger partial charge in [-0.25, -0.2) is 8.42 Å². The number of carbonyl (C=O) groups is 1. The Morgan fingerprint density at radius 3 is 2.40 bits per heavy atom. The van der Waals surface area contributed by atoms with E-state index in [0.717, 1.165) is 29.7 Å². The second-order valence-electron chi connectivity index (χ2n) is 7.04. The molecule has 1 aliphatic heterocycles. The number of rotatable bonds is 3. The Labute approximate surface area is 147 Å². The average molecular weight is 356 g/mol. The SMILES string of the molecule is CC(=O)N1CC2(CC2)c2ccc(NS(=O)(=O)c3ccc(C)cc3)cc21. The first kappa shape index (κ1) is 16.1. The van der Waals surface area contributed by atoms with Crippen LogP contribution in [0.3, 0.4) is 0 Å². The third-order valence-corrected chi connectivity index (χ3v) is 6.54. The van der Waals surface area contributed by atoms with Crippen LogP contribution in [-0.2, 0) is 20.2 Å². The smallest absolute Gasteiger partial charge is 0.261 e. The monoisotopic (exact) mass is 356 g/mol. The molecule has 130 valence electrons. The van der Waals surface area contributed by atoms with Crippen LogP contribution in [0, 0.1) is 6.92 Å². The average Bonchev–Trinajstić information content (AvgIpc) is 3.25. The molecule has 1 spiro atoms. The van der Waals surface area contributed by atoms with E-state index in [1.807, 2.05) is 13.0 Å². The number of amides is 1. The Bertz CT molecular complexity index is 961. The van der Waals surface area contributed by atoms with E-state index in [9.17, 15) is 13.2 Å². The molecule has 5 nitrogen and oxygen atoms in total. The van der Waals surface area contributed by atoms with Crippen LogP contribution in [0.5, 0.6) is 0 Å². The van der Waals surface area contributed by atoms with Gasteiger partial charge in [-0.05, 0) is 49.6 Å². The summed E-state index contributed by atoms with van der Waals surface area (Å²) < 4.78 is 27.8. The molecule has 6 heteroatoms. The highest BCUT2D eigenvalue weighted by molar-refractivity contribution is 7.92. The molecule has 0 atom stereocenters. The van der Waals surface area contributed by atoms with Crippen molar-refractivity contribution < 1.29 is 13.2 Å². The summed E-state index contributed by atoms with van der Waals surface area (Å²) in [5.74, 6) is -0.0106. The van der Waals surface area contributed by atoms with Gasteiger partial charge in [-0.3, -0.25) is 9.52 Å². The number of benzene rings is 2. The zero-order valence-corrected chi connectivity index (χ0v) is 15.1. The van der Waals surface area contributed by atoms with Gasteiger partial charge in [0.25, 0.3) is 10.0 Å². The van der Waals surface area contributed by atoms with Crippen LogP contribution in [0.1, 0.15) is 30.9 Å². The normalized spacial score (nSPS) is 17.4. The maximum Gasteiger partial charge on any atom is 0.261 e. The maximum atomic E-state index is 12.6. The summed E-state index contributed by atoms with van der Waals surface area (Å²) in [4.78, 5) is 13.9. The van der Waals surface area contributed by atoms with E-state index in [-0.39, 0.29) is 16.2 Å². The summed E-state index contributed by atoms with van der Waals surface area (Å²) in [5, 5.41) is 0. The van der Waals surface area contributed by atoms with Crippen molar-refractivity contribution in [2.75, 3.05) is 16.2 Å². The lowest BCUT2D eigenvalue weighted by molar-refractivity contribution is -0.116. The first-order valence-corrected chi connectivity index (χ1v) is 9.81. The zero-order chi connectivity index (χ0) is 17.8. The van der Waals surface area contributed by atoms with Crippen LogP contribution < -0.4 is 9.62 Å². The van der Waals surface area contributed by atoms with Crippen LogP contribution in [0.25, 0.3) is 0 Å². The van der Waals surface area contributed by atoms with Crippen molar-refractivity contribution in [2.24, 2.45) is 0 Å². The van der Waals surface area contributed by atoms with Crippen molar-refractivity contribution in [1.29, 1.82) is 0 Å². The van der Waals surface area contributed by atoms with Gasteiger partial charge in [0.05, 0.1) is 10.6 Å². The minimum Gasteiger partial charge on any atom is -0.311 e. The van der Waals surface area contributed by atoms with E-state index in [0.29, 0.717) is 12.2 Å². The van der Waals surface area contributed by atoms with Crippen LogP contribution in [0.2, 0.25) is 0 Å². The summed E-state index contributed by atoms with van der Waals surface area (Å²) in [7, 11) is -3.65. The van der Waals surface area contributed by atoms with E-state index in [1.165, 1.54) is 0 Å². The number of aryl methyl sites for hydroxylation is 1. The molecule has 0 aromatic heterocycles. The molecule has 1 N–H and O–H groups in total. The first-order chi connectivity index (χ1) is 11.8. The molecule has 0 bridgehead atoms. The molecule has 2 aliphatic rings. The molecule has 1 saturated carbocycles. The van der Waals surface area contributed by atoms with Gasteiger partial charge in [-0.15, -0.1) is 0 Å². The third-order valence-electron chi connectivity index (χ3n) is 5.14. The summed E-state index contributed by atoms with van der Waals surface area (Å²) in [6.07, 6.45) is 2.16. The Morgan fingerprint density at radius 2 is 1.80 bits per heavy atom. The number of hydrogen-bond donors (Lipinski definition) is 1. The Hall–Kier alpha value is -2.34. The Balaban J connectivity index is 1.68. The molecule has 1 amide bonds. The molecule has 1 aliphatic carbocycles. The van der Waals surface area contributed by atoms with Crippen LogP contribution in [-0.4, -0.2) is 20.9 Å². The minimum atomic E-state index is -3.65. The lowest BCUT2D eigenvalue weighted by Crippen LogP contribution is -2.29. The first-order valence-electron chi connectivity index (χ1n) is 8.33. The fourth-order valence-electron chi connectivity index (χ4n) is 3.53. The molecular formula is C19H20N2O3S. The third kappa shape index (κ3) is 2.70. The minimum absolute atomic E-state index is 0.0106. The van der Waals surface area contributed by atoms with E-state index < -0.39 is 10.0 Å². The fourth-order valence-corrected chi connectivity index (χ4v) is 4.58. The highest BCUT2D eigenvalue weighted by Crippen LogP contribution is 2.56. The van der Waals surface area contributed by atoms with Gasteiger partial charge >= 0.3 is 0 Å². The lowest BCUT2D eigenvalue weighted by Gasteiger charge is -2.16. The lowest BCUT2D eigenvalue weighted by atomic mass is 9.98. The van der Waals surface area contributed by atoms with Crippen molar-refractivity contribution in [3.05, 3.63) is 53.6 Å². The predicted octanol–water partition coefficient (Wildman–Crippen LogP) is 3.19. The van der Waals surface area contributed by atoms with Gasteiger partial charge in [0.2, 0.25) is 5.91 Å². The van der Waals surface area contributed by atoms with E-state index in [2.05, 4.69) is 4.72 Å². The number of anilines is 2. The Morgan fingerprint density at radius 1 is 1.12 bits per heavy atom. The van der Waals surface area contributed by atoms with Crippen molar-refractivity contribution in [3.63, 3.8) is 0 Å². The molecule has 25 heavy (non-hydrogen) atoms. The second kappa shape index (κ2) is 5.33. The summed E-state index contributed by atoms with van der Waals surface area (Å²) >= 11 is 0. The van der Waals surface area contributed by atoms with Crippen LogP contribution in [0.4, 0.5) is 11.4 Å². The van der Waals surface area contributed by atoms with Gasteiger partial charge < -0.3 is 4.90 Å². The quantitative estimate of drug-likeness (QED) is 0.918. The molecule has 0 radical (unpaired) electrons. The van der Waals surface area contributed by atoms with Crippen LogP contribution in [0.15, 0.2) is 47.4 Å². The summed E-state index contributed by atoms with van der Waals surface area (Å²) in [6, 6.07) is 12.2. The zero-order valence-electron chi connectivity index (χ0n) is 14.2. The van der Waals surface area contributed by atoms with Gasteiger partial charge in [-0.2, -0.15) is 0 Å². The van der Waals surface area contributed by atoms with Crippen LogP contribution >= 0.6 is 0 Å². The maximum absolute atomic E-state index is 12.6. The molecule has 4 rings (SSSR count). The number of nitrogens with zero attached hydrogens (tertiary/aromatic N) is 1. The number of fused-ring (bicyclic) bond motifs is 2. The largest absolute Gasteiger partial charge is 0.311 e. The molecule has 2 aromatic rings. The summed E-state index contributed by atoms with van der Waals surface area (Å²) in [5.41, 5.74) is 3.55. The topological polar surface area (TPSA) is 66.5 Å². The summed E-state index contributed by atoms with van der Waals surface area (Å²) in [6.45, 7) is 4.16. The molecule has 0 unspecified atom stereocenters. The van der Waals surface area contributed by atoms with E-state index in [1.54, 1.807) is 48.2 Å². The highest BCUT2D eigenvalue weighted by Gasteiger charge is 2.52. The van der Waals surface area contributed by atoms with E-state index in [4.69, 9.17) is 0 Å². The van der Waals surface area contributed by atoms with Crippen molar-refractivity contribution in [3.8, 4) is 0 Å². The predicted molar refractivity (Wildman–Crippen MR) is 97.4 cm³/mol. The number of carbonyl (C=O) groups excluding carboxylic acids is 1. The van der Waals surface area contributed by atoms with Crippen molar-refractivity contribution in [1.82, 2.24) is 0 Å². The standard InChI is InChI=1S/C19H20N2O3S/c1-13-3-6-16(7-4-13)25(23,24)20-15-5-8-17-18(11-15)21(14(2)22)12-19(17)9-10-19/h3-8,11,20H,9-10,12H2,1-2H3. The van der Waals surface area contributed by atoms with Gasteiger partial charge in [0, 0.05) is 24.6 Å². The van der Waals surface area contributed by atoms with Gasteiger partial charge in [0.1, 0.15) is 0 Å². The molecule has 1 heterocycles. The molecular weight excluding hydrogens is 336 g/mol. The molecule has 2 aromatic carbocycles. The Kier molecular flexibility index (Phi) is 3.44. The molecule has 0 saturated heterocycles. The van der Waals surface area contributed by atoms with Crippen molar-refractivity contribution >= 4 is 27.3 Å². The van der Waals surface area contributed by atoms with E-state index >= 15 is 0 Å². The highest BCUT2D eigenvalue weighted by atomic mass is 32.2. The second-order valence-corrected chi connectivity index (χ2v) is 8.72. The van der Waals surface area contributed by atoms with Gasteiger partial charge in [-0.1, -0.05) is 23.8 Å². The van der Waals surface area contributed by atoms with Gasteiger partial charge in [0.15, 0.2) is 0 Å². The number of sulfonamides is 1. The number of nitrogens with one attached hydrogen (secondary N) is 1. The van der Waals surface area contributed by atoms with Crippen molar-refractivity contribution in [2.45, 2.75) is 37.0 Å².